The van der Waals surface area contributed by atoms with E-state index in [1.807, 2.05) is 13.0 Å². The van der Waals surface area contributed by atoms with Gasteiger partial charge in [0.05, 0.1) is 0 Å². The fraction of sp³-hybridized carbons (Fsp3) is 0.526. The Morgan fingerprint density at radius 2 is 1.87 bits per heavy atom. The Morgan fingerprint density at radius 1 is 1.17 bits per heavy atom. The van der Waals surface area contributed by atoms with Crippen LogP contribution in [0.3, 0.4) is 0 Å². The topological polar surface area (TPSA) is 45.5 Å². The number of nitrogens with zero attached hydrogens (tertiary/aromatic N) is 1. The Balaban J connectivity index is 1.61. The minimum Gasteiger partial charge on any atom is -0.451 e. The highest BCUT2D eigenvalue weighted by atomic mass is 16.3. The van der Waals surface area contributed by atoms with Crippen LogP contribution in [-0.2, 0) is 0 Å². The molecule has 3 aliphatic rings. The van der Waals surface area contributed by atoms with Gasteiger partial charge in [-0.3, -0.25) is 4.79 Å². The predicted molar refractivity (Wildman–Crippen MR) is 90.8 cm³/mol. The number of amides is 1. The molecule has 0 spiro atoms. The molecule has 1 atom stereocenters. The van der Waals surface area contributed by atoms with Crippen LogP contribution in [0, 0.1) is 26.7 Å². The van der Waals surface area contributed by atoms with Crippen molar-refractivity contribution in [3.8, 4) is 0 Å². The Labute approximate surface area is 136 Å². The molecule has 3 aliphatic heterocycles. The molecule has 1 unspecified atom stereocenters. The summed E-state index contributed by atoms with van der Waals surface area (Å²) in [5, 5.41) is 4.27. The quantitative estimate of drug-likeness (QED) is 0.926. The largest absolute Gasteiger partial charge is 0.451 e. The summed E-state index contributed by atoms with van der Waals surface area (Å²) >= 11 is 0. The second-order valence-electron chi connectivity index (χ2n) is 7.21. The number of hydrogen-bond acceptors (Lipinski definition) is 3. The van der Waals surface area contributed by atoms with Crippen molar-refractivity contribution in [3.63, 3.8) is 0 Å². The first-order chi connectivity index (χ1) is 11.0. The van der Waals surface area contributed by atoms with Crippen LogP contribution in [-0.4, -0.2) is 36.5 Å². The van der Waals surface area contributed by atoms with Gasteiger partial charge in [-0.15, -0.1) is 0 Å². The van der Waals surface area contributed by atoms with Crippen LogP contribution in [0.15, 0.2) is 16.5 Å². The molecule has 0 aliphatic carbocycles. The third-order valence-corrected chi connectivity index (χ3v) is 5.73. The standard InChI is InChI=1S/C19H24N2O2/c1-11-8-15-13(3)18(23-17(15)9-12(11)2)19(22)20-16-10-21-6-4-14(16)5-7-21/h8-9,14,16H,4-7,10H2,1-3H3,(H,20,22). The third-order valence-electron chi connectivity index (χ3n) is 5.73. The van der Waals surface area contributed by atoms with E-state index in [0.29, 0.717) is 11.7 Å². The van der Waals surface area contributed by atoms with E-state index in [2.05, 4.69) is 30.1 Å². The van der Waals surface area contributed by atoms with Crippen molar-refractivity contribution < 1.29 is 9.21 Å². The lowest BCUT2D eigenvalue weighted by Crippen LogP contribution is -2.57. The molecule has 0 saturated carbocycles. The average molecular weight is 312 g/mol. The summed E-state index contributed by atoms with van der Waals surface area (Å²) in [4.78, 5) is 15.2. The lowest BCUT2D eigenvalue weighted by atomic mass is 9.84. The molecule has 122 valence electrons. The second-order valence-corrected chi connectivity index (χ2v) is 7.21. The molecular weight excluding hydrogens is 288 g/mol. The summed E-state index contributed by atoms with van der Waals surface area (Å²) in [6.07, 6.45) is 2.39. The van der Waals surface area contributed by atoms with Gasteiger partial charge >= 0.3 is 0 Å². The minimum absolute atomic E-state index is 0.0623. The summed E-state index contributed by atoms with van der Waals surface area (Å²) in [5.74, 6) is 1.03. The molecule has 1 aromatic carbocycles. The zero-order valence-corrected chi connectivity index (χ0v) is 14.1. The lowest BCUT2D eigenvalue weighted by molar-refractivity contribution is 0.0606. The van der Waals surface area contributed by atoms with Gasteiger partial charge in [-0.1, -0.05) is 0 Å². The summed E-state index contributed by atoms with van der Waals surface area (Å²) in [6.45, 7) is 9.48. The van der Waals surface area contributed by atoms with Crippen molar-refractivity contribution >= 4 is 16.9 Å². The fourth-order valence-electron chi connectivity index (χ4n) is 4.06. The lowest BCUT2D eigenvalue weighted by Gasteiger charge is -2.44. The van der Waals surface area contributed by atoms with Crippen molar-refractivity contribution in [3.05, 3.63) is 34.6 Å². The average Bonchev–Trinajstić information content (AvgIpc) is 2.86. The number of carbonyl (C=O) groups is 1. The van der Waals surface area contributed by atoms with Gasteiger partial charge in [0.15, 0.2) is 5.76 Å². The maximum atomic E-state index is 12.7. The van der Waals surface area contributed by atoms with Gasteiger partial charge in [-0.25, -0.2) is 0 Å². The van der Waals surface area contributed by atoms with Crippen LogP contribution in [0.25, 0.3) is 11.0 Å². The van der Waals surface area contributed by atoms with Gasteiger partial charge in [-0.2, -0.15) is 0 Å². The summed E-state index contributed by atoms with van der Waals surface area (Å²) in [6, 6.07) is 4.41. The maximum absolute atomic E-state index is 12.7. The molecule has 2 bridgehead atoms. The Morgan fingerprint density at radius 3 is 2.52 bits per heavy atom. The summed E-state index contributed by atoms with van der Waals surface area (Å²) in [7, 11) is 0. The Kier molecular flexibility index (Phi) is 3.45. The molecule has 4 heteroatoms. The number of aryl methyl sites for hydroxylation is 3. The van der Waals surface area contributed by atoms with E-state index in [1.54, 1.807) is 0 Å². The number of furan rings is 1. The molecule has 1 N–H and O–H groups in total. The van der Waals surface area contributed by atoms with Gasteiger partial charge in [-0.05, 0) is 75.9 Å². The first kappa shape index (κ1) is 14.8. The fourth-order valence-corrected chi connectivity index (χ4v) is 4.06. The predicted octanol–water partition coefficient (Wildman–Crippen LogP) is 3.18. The van der Waals surface area contributed by atoms with E-state index in [-0.39, 0.29) is 11.9 Å². The maximum Gasteiger partial charge on any atom is 0.287 e. The van der Waals surface area contributed by atoms with Crippen molar-refractivity contribution in [1.82, 2.24) is 10.2 Å². The molecule has 1 amide bonds. The van der Waals surface area contributed by atoms with E-state index in [4.69, 9.17) is 4.42 Å². The van der Waals surface area contributed by atoms with E-state index in [1.165, 1.54) is 37.1 Å². The van der Waals surface area contributed by atoms with Crippen LogP contribution < -0.4 is 5.32 Å². The Hall–Kier alpha value is -1.81. The van der Waals surface area contributed by atoms with Crippen LogP contribution in [0.5, 0.6) is 0 Å². The van der Waals surface area contributed by atoms with E-state index < -0.39 is 0 Å². The van der Waals surface area contributed by atoms with Crippen LogP contribution in [0.2, 0.25) is 0 Å². The second kappa shape index (κ2) is 5.38. The van der Waals surface area contributed by atoms with E-state index in [9.17, 15) is 4.79 Å². The smallest absolute Gasteiger partial charge is 0.287 e. The normalized spacial score (nSPS) is 26.7. The first-order valence-corrected chi connectivity index (χ1v) is 8.56. The summed E-state index contributed by atoms with van der Waals surface area (Å²) in [5.41, 5.74) is 4.17. The first-order valence-electron chi connectivity index (χ1n) is 8.56. The molecule has 3 fully saturated rings. The highest BCUT2D eigenvalue weighted by Crippen LogP contribution is 2.30. The third kappa shape index (κ3) is 2.45. The van der Waals surface area contributed by atoms with Gasteiger partial charge < -0.3 is 14.6 Å². The number of benzene rings is 1. The van der Waals surface area contributed by atoms with Gasteiger partial charge in [0.25, 0.3) is 5.91 Å². The molecule has 5 rings (SSSR count). The van der Waals surface area contributed by atoms with Crippen molar-refractivity contribution in [2.75, 3.05) is 19.6 Å². The number of hydrogen-bond donors (Lipinski definition) is 1. The van der Waals surface area contributed by atoms with Crippen LogP contribution in [0.1, 0.15) is 40.1 Å². The molecule has 23 heavy (non-hydrogen) atoms. The number of fused-ring (bicyclic) bond motifs is 4. The Bertz CT molecular complexity index is 769. The zero-order chi connectivity index (χ0) is 16.1. The molecule has 0 radical (unpaired) electrons. The van der Waals surface area contributed by atoms with Crippen molar-refractivity contribution in [2.45, 2.75) is 39.7 Å². The van der Waals surface area contributed by atoms with Crippen LogP contribution in [0.4, 0.5) is 0 Å². The van der Waals surface area contributed by atoms with Crippen molar-refractivity contribution in [1.29, 1.82) is 0 Å². The monoisotopic (exact) mass is 312 g/mol. The van der Waals surface area contributed by atoms with Crippen molar-refractivity contribution in [2.24, 2.45) is 5.92 Å². The van der Waals surface area contributed by atoms with E-state index in [0.717, 1.165) is 23.1 Å². The molecule has 2 aromatic rings. The van der Waals surface area contributed by atoms with Gasteiger partial charge in [0.2, 0.25) is 0 Å². The highest BCUT2D eigenvalue weighted by Gasteiger charge is 2.35. The molecular formula is C19H24N2O2. The highest BCUT2D eigenvalue weighted by molar-refractivity contribution is 5.99. The zero-order valence-electron chi connectivity index (χ0n) is 14.1. The molecule has 1 aromatic heterocycles. The summed E-state index contributed by atoms with van der Waals surface area (Å²) < 4.78 is 5.89. The minimum atomic E-state index is -0.0623. The number of carbonyl (C=O) groups excluding carboxylic acids is 1. The molecule has 3 saturated heterocycles. The molecule has 4 nitrogen and oxygen atoms in total. The van der Waals surface area contributed by atoms with Crippen LogP contribution >= 0.6 is 0 Å². The number of piperidine rings is 3. The molecule has 4 heterocycles. The number of rotatable bonds is 2. The van der Waals surface area contributed by atoms with Gasteiger partial charge in [0.1, 0.15) is 5.58 Å². The number of nitrogens with one attached hydrogen (secondary N) is 1. The SMILES string of the molecule is Cc1cc2oc(C(=O)NC3CN4CCC3CC4)c(C)c2cc1C. The van der Waals surface area contributed by atoms with E-state index >= 15 is 0 Å². The van der Waals surface area contributed by atoms with Gasteiger partial charge in [0, 0.05) is 23.5 Å².